The molecule has 0 fully saturated rings. The summed E-state index contributed by atoms with van der Waals surface area (Å²) in [4.78, 5) is 35.3. The smallest absolute Gasteiger partial charge is 0.359 e. The third-order valence-corrected chi connectivity index (χ3v) is 4.87. The number of carbonyl (C=O) groups is 1. The van der Waals surface area contributed by atoms with Crippen molar-refractivity contribution in [2.75, 3.05) is 0 Å². The van der Waals surface area contributed by atoms with Gasteiger partial charge >= 0.3 is 11.7 Å². The van der Waals surface area contributed by atoms with Gasteiger partial charge in [0.2, 0.25) is 5.76 Å². The van der Waals surface area contributed by atoms with Crippen LogP contribution in [0.1, 0.15) is 11.1 Å². The van der Waals surface area contributed by atoms with E-state index in [-0.39, 0.29) is 40.2 Å². The van der Waals surface area contributed by atoms with Crippen molar-refractivity contribution in [1.82, 2.24) is 0 Å². The first-order valence-corrected chi connectivity index (χ1v) is 9.66. The Balaban J connectivity index is 1.90. The molecule has 0 atom stereocenters. The van der Waals surface area contributed by atoms with Crippen LogP contribution in [0.4, 0.5) is 5.69 Å². The van der Waals surface area contributed by atoms with E-state index in [1.165, 1.54) is 18.2 Å². The Labute approximate surface area is 181 Å². The number of carboxylic acid groups (broad SMARTS) is 1. The van der Waals surface area contributed by atoms with E-state index in [0.717, 1.165) is 5.56 Å². The summed E-state index contributed by atoms with van der Waals surface area (Å²) in [7, 11) is 0. The highest BCUT2D eigenvalue weighted by Gasteiger charge is 2.28. The third-order valence-electron chi connectivity index (χ3n) is 4.87. The predicted octanol–water partition coefficient (Wildman–Crippen LogP) is 4.57. The minimum atomic E-state index is -1.12. The number of rotatable bonds is 7. The summed E-state index contributed by atoms with van der Waals surface area (Å²) < 4.78 is 11.7. The number of ether oxygens (including phenoxy) is 1. The molecule has 1 aromatic heterocycles. The molecule has 160 valence electrons. The molecular formula is C24H17NO7. The fraction of sp³-hybridized carbons (Fsp3) is 0.0833. The van der Waals surface area contributed by atoms with Crippen LogP contribution in [-0.2, 0) is 17.8 Å². The molecule has 0 amide bonds. The van der Waals surface area contributed by atoms with Crippen molar-refractivity contribution in [3.63, 3.8) is 0 Å². The molecule has 0 aliphatic rings. The van der Waals surface area contributed by atoms with E-state index in [2.05, 4.69) is 0 Å². The van der Waals surface area contributed by atoms with Crippen LogP contribution in [0.3, 0.4) is 0 Å². The normalized spacial score (nSPS) is 10.8. The Morgan fingerprint density at radius 3 is 2.44 bits per heavy atom. The van der Waals surface area contributed by atoms with Gasteiger partial charge in [-0.3, -0.25) is 19.7 Å². The quantitative estimate of drug-likeness (QED) is 0.336. The molecule has 0 saturated heterocycles. The SMILES string of the molecule is O=C(O)Cc1cccc2c(=O)c([N+](=O)[O-])c(-c3ccccc3OCc3ccccc3)oc12. The van der Waals surface area contributed by atoms with Crippen molar-refractivity contribution < 1.29 is 24.0 Å². The van der Waals surface area contributed by atoms with E-state index >= 15 is 0 Å². The lowest BCUT2D eigenvalue weighted by molar-refractivity contribution is -0.386. The van der Waals surface area contributed by atoms with Crippen LogP contribution in [0.25, 0.3) is 22.3 Å². The van der Waals surface area contributed by atoms with E-state index in [1.807, 2.05) is 30.3 Å². The van der Waals surface area contributed by atoms with Gasteiger partial charge in [-0.15, -0.1) is 0 Å². The molecule has 0 saturated carbocycles. The third kappa shape index (κ3) is 4.06. The molecule has 32 heavy (non-hydrogen) atoms. The van der Waals surface area contributed by atoms with Crippen LogP contribution < -0.4 is 10.2 Å². The second kappa shape index (κ2) is 8.73. The number of para-hydroxylation sites is 2. The fourth-order valence-corrected chi connectivity index (χ4v) is 3.43. The second-order valence-corrected chi connectivity index (χ2v) is 7.00. The van der Waals surface area contributed by atoms with Crippen LogP contribution in [0.2, 0.25) is 0 Å². The number of hydrogen-bond donors (Lipinski definition) is 1. The molecule has 0 bridgehead atoms. The number of aliphatic carboxylic acids is 1. The van der Waals surface area contributed by atoms with Gasteiger partial charge in [0.15, 0.2) is 0 Å². The van der Waals surface area contributed by atoms with Gasteiger partial charge < -0.3 is 14.3 Å². The number of nitro groups is 1. The van der Waals surface area contributed by atoms with Crippen LogP contribution in [0, 0.1) is 10.1 Å². The minimum absolute atomic E-state index is 0.00152. The van der Waals surface area contributed by atoms with Gasteiger partial charge in [0.1, 0.15) is 17.9 Å². The Hall–Kier alpha value is -4.46. The molecular weight excluding hydrogens is 414 g/mol. The summed E-state index contributed by atoms with van der Waals surface area (Å²) in [5.41, 5.74) is -0.235. The van der Waals surface area contributed by atoms with Crippen molar-refractivity contribution in [3.05, 3.63) is 104 Å². The van der Waals surface area contributed by atoms with E-state index in [1.54, 1.807) is 24.3 Å². The maximum absolute atomic E-state index is 13.0. The first-order chi connectivity index (χ1) is 15.5. The summed E-state index contributed by atoms with van der Waals surface area (Å²) in [6.45, 7) is 0.202. The fourth-order valence-electron chi connectivity index (χ4n) is 3.43. The summed E-state index contributed by atoms with van der Waals surface area (Å²) >= 11 is 0. The summed E-state index contributed by atoms with van der Waals surface area (Å²) in [5.74, 6) is -1.11. The van der Waals surface area contributed by atoms with Crippen molar-refractivity contribution >= 4 is 22.6 Å². The Morgan fingerprint density at radius 2 is 1.72 bits per heavy atom. The van der Waals surface area contributed by atoms with Crippen LogP contribution in [-0.4, -0.2) is 16.0 Å². The number of hydrogen-bond acceptors (Lipinski definition) is 6. The molecule has 8 nitrogen and oxygen atoms in total. The van der Waals surface area contributed by atoms with Gasteiger partial charge in [-0.1, -0.05) is 54.6 Å². The highest BCUT2D eigenvalue weighted by molar-refractivity contribution is 5.88. The number of benzene rings is 3. The van der Waals surface area contributed by atoms with Crippen molar-refractivity contribution in [1.29, 1.82) is 0 Å². The van der Waals surface area contributed by atoms with Gasteiger partial charge in [-0.05, 0) is 23.8 Å². The van der Waals surface area contributed by atoms with E-state index in [4.69, 9.17) is 9.15 Å². The van der Waals surface area contributed by atoms with Gasteiger partial charge in [-0.25, -0.2) is 0 Å². The molecule has 0 radical (unpaired) electrons. The number of fused-ring (bicyclic) bond motifs is 1. The van der Waals surface area contributed by atoms with E-state index < -0.39 is 28.4 Å². The molecule has 4 rings (SSSR count). The summed E-state index contributed by atoms with van der Waals surface area (Å²) in [5, 5.41) is 21.0. The Bertz CT molecular complexity index is 1380. The van der Waals surface area contributed by atoms with Gasteiger partial charge in [0, 0.05) is 5.56 Å². The average molecular weight is 431 g/mol. The highest BCUT2D eigenvalue weighted by Crippen LogP contribution is 2.37. The molecule has 1 heterocycles. The van der Waals surface area contributed by atoms with E-state index in [9.17, 15) is 24.8 Å². The highest BCUT2D eigenvalue weighted by atomic mass is 16.6. The molecule has 0 aliphatic carbocycles. The summed E-state index contributed by atoms with van der Waals surface area (Å²) in [6.07, 6.45) is -0.399. The molecule has 1 N–H and O–H groups in total. The molecule has 0 aliphatic heterocycles. The second-order valence-electron chi connectivity index (χ2n) is 7.00. The molecule has 0 unspecified atom stereocenters. The largest absolute Gasteiger partial charge is 0.488 e. The molecule has 0 spiro atoms. The monoisotopic (exact) mass is 431 g/mol. The first kappa shape index (κ1) is 20.8. The van der Waals surface area contributed by atoms with E-state index in [0.29, 0.717) is 0 Å². The maximum Gasteiger partial charge on any atom is 0.359 e. The number of nitrogens with zero attached hydrogens (tertiary/aromatic N) is 1. The minimum Gasteiger partial charge on any atom is -0.488 e. The van der Waals surface area contributed by atoms with Crippen molar-refractivity contribution in [3.8, 4) is 17.1 Å². The van der Waals surface area contributed by atoms with Gasteiger partial charge in [0.05, 0.1) is 22.3 Å². The first-order valence-electron chi connectivity index (χ1n) is 9.66. The predicted molar refractivity (Wildman–Crippen MR) is 117 cm³/mol. The lowest BCUT2D eigenvalue weighted by Gasteiger charge is -2.12. The van der Waals surface area contributed by atoms with Crippen LogP contribution >= 0.6 is 0 Å². The zero-order chi connectivity index (χ0) is 22.7. The average Bonchev–Trinajstić information content (AvgIpc) is 2.78. The lowest BCUT2D eigenvalue weighted by Crippen LogP contribution is -2.12. The summed E-state index contributed by atoms with van der Waals surface area (Å²) in [6, 6.07) is 20.2. The van der Waals surface area contributed by atoms with Crippen LogP contribution in [0.15, 0.2) is 82.0 Å². The molecule has 3 aromatic carbocycles. The van der Waals surface area contributed by atoms with Crippen LogP contribution in [0.5, 0.6) is 5.75 Å². The Kier molecular flexibility index (Phi) is 5.67. The van der Waals surface area contributed by atoms with Crippen molar-refractivity contribution in [2.45, 2.75) is 13.0 Å². The topological polar surface area (TPSA) is 120 Å². The van der Waals surface area contributed by atoms with Gasteiger partial charge in [0.25, 0.3) is 5.43 Å². The lowest BCUT2D eigenvalue weighted by atomic mass is 10.0. The number of carboxylic acids is 1. The van der Waals surface area contributed by atoms with Gasteiger partial charge in [-0.2, -0.15) is 0 Å². The standard InChI is InChI=1S/C24H17NO7/c26-20(27)13-16-9-6-11-18-22(28)21(25(29)30)24(32-23(16)18)17-10-4-5-12-19(17)31-14-15-7-2-1-3-8-15/h1-12H,13-14H2,(H,26,27). The zero-order valence-electron chi connectivity index (χ0n) is 16.7. The zero-order valence-corrected chi connectivity index (χ0v) is 16.7. The molecule has 8 heteroatoms. The maximum atomic E-state index is 13.0. The molecule has 4 aromatic rings. The Morgan fingerprint density at radius 1 is 1.00 bits per heavy atom. The van der Waals surface area contributed by atoms with Crippen molar-refractivity contribution in [2.24, 2.45) is 0 Å².